The van der Waals surface area contributed by atoms with Crippen molar-refractivity contribution in [1.29, 1.82) is 0 Å². The molecular formula is C15H20AgN2. The zero-order valence-corrected chi connectivity index (χ0v) is 12.7. The van der Waals surface area contributed by atoms with Crippen LogP contribution in [0.5, 0.6) is 0 Å². The molecule has 0 aliphatic carbocycles. The average Bonchev–Trinajstić information content (AvgIpc) is 2.93. The Morgan fingerprint density at radius 2 is 1.72 bits per heavy atom. The molecule has 2 aromatic rings. The van der Waals surface area contributed by atoms with E-state index in [9.17, 15) is 0 Å². The average molecular weight is 336 g/mol. The minimum absolute atomic E-state index is 0.994. The van der Waals surface area contributed by atoms with Crippen LogP contribution in [0.3, 0.4) is 0 Å². The number of hydrogen-bond acceptors (Lipinski definition) is 1. The second kappa shape index (κ2) is 7.47. The Hall–Kier alpha value is -0.960. The SMILES string of the molecule is CCc1cc(C)cc(CC)c1-c1ncc[nH]1.[CH2]=[Ag]. The number of rotatable bonds is 3. The molecule has 1 aromatic heterocycles. The van der Waals surface area contributed by atoms with Crippen LogP contribution < -0.4 is 0 Å². The third kappa shape index (κ3) is 3.29. The third-order valence-electron chi connectivity index (χ3n) is 2.94. The van der Waals surface area contributed by atoms with Crippen LogP contribution in [0, 0.1) is 6.92 Å². The van der Waals surface area contributed by atoms with Crippen LogP contribution >= 0.6 is 0 Å². The van der Waals surface area contributed by atoms with E-state index in [1.807, 2.05) is 12.4 Å². The molecule has 0 bridgehead atoms. The Morgan fingerprint density at radius 1 is 1.17 bits per heavy atom. The molecular weight excluding hydrogens is 316 g/mol. The number of H-pyrrole nitrogens is 1. The van der Waals surface area contributed by atoms with Gasteiger partial charge in [0.05, 0.1) is 0 Å². The Balaban J connectivity index is 0.000000771. The molecule has 0 radical (unpaired) electrons. The van der Waals surface area contributed by atoms with Crippen LogP contribution in [-0.2, 0) is 33.4 Å². The van der Waals surface area contributed by atoms with Crippen molar-refractivity contribution < 1.29 is 20.6 Å². The van der Waals surface area contributed by atoms with Gasteiger partial charge < -0.3 is 4.98 Å². The van der Waals surface area contributed by atoms with Crippen molar-refractivity contribution in [2.75, 3.05) is 0 Å². The normalized spacial score (nSPS) is 9.83. The molecule has 1 heterocycles. The van der Waals surface area contributed by atoms with Gasteiger partial charge in [-0.3, -0.25) is 0 Å². The van der Waals surface area contributed by atoms with Gasteiger partial charge in [0, 0.05) is 18.0 Å². The fourth-order valence-electron chi connectivity index (χ4n) is 2.21. The maximum atomic E-state index is 4.38. The van der Waals surface area contributed by atoms with Crippen molar-refractivity contribution in [2.45, 2.75) is 33.6 Å². The predicted molar refractivity (Wildman–Crippen MR) is 74.6 cm³/mol. The number of nitrogens with zero attached hydrogens (tertiary/aromatic N) is 1. The summed E-state index contributed by atoms with van der Waals surface area (Å²) in [6.07, 6.45) is 5.79. The quantitative estimate of drug-likeness (QED) is 0.855. The van der Waals surface area contributed by atoms with E-state index in [0.29, 0.717) is 0 Å². The second-order valence-corrected chi connectivity index (χ2v) is 4.10. The van der Waals surface area contributed by atoms with Gasteiger partial charge in [-0.05, 0) is 30.9 Å². The number of imidazole rings is 1. The summed E-state index contributed by atoms with van der Waals surface area (Å²) >= 11 is 2.70. The Kier molecular flexibility index (Phi) is 6.27. The van der Waals surface area contributed by atoms with Crippen LogP contribution in [-0.4, -0.2) is 14.7 Å². The molecule has 0 saturated carbocycles. The molecule has 0 spiro atoms. The van der Waals surface area contributed by atoms with Crippen LogP contribution in [0.25, 0.3) is 11.4 Å². The van der Waals surface area contributed by atoms with E-state index in [2.05, 4.69) is 68.2 Å². The first kappa shape index (κ1) is 15.1. The molecule has 0 saturated heterocycles. The molecule has 0 amide bonds. The molecule has 0 fully saturated rings. The van der Waals surface area contributed by atoms with Gasteiger partial charge in [0.25, 0.3) is 0 Å². The molecule has 0 aliphatic rings. The van der Waals surface area contributed by atoms with Crippen molar-refractivity contribution in [2.24, 2.45) is 0 Å². The van der Waals surface area contributed by atoms with E-state index in [1.165, 1.54) is 22.3 Å². The van der Waals surface area contributed by atoms with Gasteiger partial charge in [-0.25, -0.2) is 4.98 Å². The number of benzene rings is 1. The van der Waals surface area contributed by atoms with Crippen LogP contribution in [0.2, 0.25) is 0 Å². The van der Waals surface area contributed by atoms with E-state index in [4.69, 9.17) is 0 Å². The maximum absolute atomic E-state index is 4.38. The van der Waals surface area contributed by atoms with E-state index in [0.717, 1.165) is 18.7 Å². The summed E-state index contributed by atoms with van der Waals surface area (Å²) in [5, 5.41) is 0. The molecule has 0 unspecified atom stereocenters. The van der Waals surface area contributed by atoms with Crippen LogP contribution in [0.1, 0.15) is 30.5 Å². The van der Waals surface area contributed by atoms with Crippen LogP contribution in [0.15, 0.2) is 24.5 Å². The minimum atomic E-state index is 0.994. The first-order valence-electron chi connectivity index (χ1n) is 6.09. The summed E-state index contributed by atoms with van der Waals surface area (Å²) in [5.41, 5.74) is 5.39. The summed E-state index contributed by atoms with van der Waals surface area (Å²) in [6, 6.07) is 4.52. The van der Waals surface area contributed by atoms with Crippen molar-refractivity contribution >= 4 is 4.73 Å². The van der Waals surface area contributed by atoms with E-state index in [-0.39, 0.29) is 0 Å². The van der Waals surface area contributed by atoms with Gasteiger partial charge in [-0.15, -0.1) is 0 Å². The number of nitrogens with one attached hydrogen (secondary N) is 1. The zero-order chi connectivity index (χ0) is 13.5. The predicted octanol–water partition coefficient (Wildman–Crippen LogP) is 3.48. The van der Waals surface area contributed by atoms with Gasteiger partial charge in [0.1, 0.15) is 5.82 Å². The first-order chi connectivity index (χ1) is 8.76. The van der Waals surface area contributed by atoms with Gasteiger partial charge in [0.15, 0.2) is 0 Å². The molecule has 101 valence electrons. The van der Waals surface area contributed by atoms with Crippen molar-refractivity contribution in [1.82, 2.24) is 9.97 Å². The molecule has 18 heavy (non-hydrogen) atoms. The number of aryl methyl sites for hydroxylation is 3. The number of hydrogen-bond donors (Lipinski definition) is 1. The van der Waals surface area contributed by atoms with Crippen molar-refractivity contribution in [3.63, 3.8) is 0 Å². The molecule has 0 atom stereocenters. The van der Waals surface area contributed by atoms with Crippen molar-refractivity contribution in [3.05, 3.63) is 41.2 Å². The monoisotopic (exact) mass is 335 g/mol. The van der Waals surface area contributed by atoms with Crippen molar-refractivity contribution in [3.8, 4) is 11.4 Å². The van der Waals surface area contributed by atoms with Crippen LogP contribution in [0.4, 0.5) is 0 Å². The number of aromatic amines is 1. The van der Waals surface area contributed by atoms with Gasteiger partial charge in [-0.2, -0.15) is 0 Å². The Bertz CT molecular complexity index is 464. The number of aromatic nitrogens is 2. The molecule has 1 aromatic carbocycles. The molecule has 0 aliphatic heterocycles. The standard InChI is InChI=1S/C14H18N2.CH2.Ag/c1-4-11-8-10(3)9-12(5-2)13(11)14-15-6-7-16-14;;/h6-9H,4-5H2,1-3H3,(H,15,16);1H2;. The van der Waals surface area contributed by atoms with Gasteiger partial charge >= 0.3 is 25.3 Å². The van der Waals surface area contributed by atoms with Gasteiger partial charge in [-0.1, -0.05) is 31.5 Å². The summed E-state index contributed by atoms with van der Waals surface area (Å²) in [5.74, 6) is 0.994. The summed E-state index contributed by atoms with van der Waals surface area (Å²) in [7, 11) is 0. The topological polar surface area (TPSA) is 28.7 Å². The fourth-order valence-corrected chi connectivity index (χ4v) is 2.21. The summed E-state index contributed by atoms with van der Waals surface area (Å²) in [4.78, 5) is 7.59. The molecule has 1 N–H and O–H groups in total. The summed E-state index contributed by atoms with van der Waals surface area (Å²) in [6.45, 7) is 6.55. The first-order valence-corrected chi connectivity index (χ1v) is 7.14. The second-order valence-electron chi connectivity index (χ2n) is 4.10. The van der Waals surface area contributed by atoms with E-state index in [1.54, 1.807) is 0 Å². The molecule has 3 heteroatoms. The zero-order valence-electron chi connectivity index (χ0n) is 11.2. The Morgan fingerprint density at radius 3 is 2.11 bits per heavy atom. The third-order valence-corrected chi connectivity index (χ3v) is 2.94. The fraction of sp³-hybridized carbons (Fsp3) is 0.333. The summed E-state index contributed by atoms with van der Waals surface area (Å²) < 4.78 is 3.06. The molecule has 2 nitrogen and oxygen atoms in total. The van der Waals surface area contributed by atoms with Gasteiger partial charge in [0.2, 0.25) is 0 Å². The molecule has 2 rings (SSSR count). The van der Waals surface area contributed by atoms with E-state index >= 15 is 0 Å². The Labute approximate surface area is 121 Å². The van der Waals surface area contributed by atoms with E-state index < -0.39 is 0 Å².